The van der Waals surface area contributed by atoms with Crippen LogP contribution in [0.5, 0.6) is 0 Å². The number of rotatable bonds is 5. The Morgan fingerprint density at radius 3 is 2.00 bits per heavy atom. The summed E-state index contributed by atoms with van der Waals surface area (Å²) in [5.41, 5.74) is 0.194. The van der Waals surface area contributed by atoms with Crippen LogP contribution < -0.4 is 10.6 Å². The molecule has 0 unspecified atom stereocenters. The number of amides is 2. The van der Waals surface area contributed by atoms with Gasteiger partial charge < -0.3 is 15.7 Å². The van der Waals surface area contributed by atoms with Gasteiger partial charge in [-0.15, -0.1) is 0 Å². The molecule has 1 aromatic carbocycles. The van der Waals surface area contributed by atoms with Gasteiger partial charge in [-0.3, -0.25) is 9.59 Å². The molecule has 0 atom stereocenters. The van der Waals surface area contributed by atoms with Crippen molar-refractivity contribution in [3.8, 4) is 0 Å². The Morgan fingerprint density at radius 1 is 1.00 bits per heavy atom. The van der Waals surface area contributed by atoms with Gasteiger partial charge in [0.15, 0.2) is 0 Å². The van der Waals surface area contributed by atoms with E-state index < -0.39 is 17.8 Å². The first-order valence-corrected chi connectivity index (χ1v) is 5.95. The second kappa shape index (κ2) is 6.53. The number of carbonyl (C=O) groups is 3. The van der Waals surface area contributed by atoms with Crippen molar-refractivity contribution in [2.45, 2.75) is 13.8 Å². The summed E-state index contributed by atoms with van der Waals surface area (Å²) in [6.45, 7) is 4.32. The molecule has 6 nitrogen and oxygen atoms in total. The summed E-state index contributed by atoms with van der Waals surface area (Å²) in [4.78, 5) is 34.6. The number of benzene rings is 1. The third-order valence-electron chi connectivity index (χ3n) is 2.43. The van der Waals surface area contributed by atoms with E-state index in [9.17, 15) is 14.4 Å². The smallest absolute Gasteiger partial charge is 0.335 e. The molecule has 0 spiro atoms. The monoisotopic (exact) mass is 264 g/mol. The molecule has 0 aliphatic carbocycles. The van der Waals surface area contributed by atoms with Gasteiger partial charge >= 0.3 is 5.97 Å². The van der Waals surface area contributed by atoms with Gasteiger partial charge in [-0.05, 0) is 32.0 Å². The second-order valence-corrected chi connectivity index (χ2v) is 3.78. The Kier molecular flexibility index (Phi) is 5.05. The molecule has 6 heteroatoms. The molecule has 0 heterocycles. The molecule has 0 aromatic heterocycles. The van der Waals surface area contributed by atoms with Gasteiger partial charge in [0.2, 0.25) is 0 Å². The van der Waals surface area contributed by atoms with E-state index in [-0.39, 0.29) is 16.7 Å². The topological polar surface area (TPSA) is 95.5 Å². The molecule has 0 fully saturated rings. The van der Waals surface area contributed by atoms with Gasteiger partial charge in [-0.1, -0.05) is 0 Å². The second-order valence-electron chi connectivity index (χ2n) is 3.78. The third kappa shape index (κ3) is 3.54. The highest BCUT2D eigenvalue weighted by Gasteiger charge is 2.18. The van der Waals surface area contributed by atoms with Crippen molar-refractivity contribution in [2.24, 2.45) is 0 Å². The summed E-state index contributed by atoms with van der Waals surface area (Å²) in [6.07, 6.45) is 0. The predicted molar refractivity (Wildman–Crippen MR) is 69.4 cm³/mol. The maximum absolute atomic E-state index is 11.9. The van der Waals surface area contributed by atoms with Crippen LogP contribution in [-0.4, -0.2) is 36.0 Å². The van der Waals surface area contributed by atoms with Crippen LogP contribution in [0.3, 0.4) is 0 Å². The van der Waals surface area contributed by atoms with Crippen molar-refractivity contribution < 1.29 is 19.5 Å². The highest BCUT2D eigenvalue weighted by atomic mass is 16.4. The molecule has 0 bridgehead atoms. The first-order chi connectivity index (χ1) is 9.01. The minimum absolute atomic E-state index is 0.0331. The van der Waals surface area contributed by atoms with Crippen LogP contribution in [0.2, 0.25) is 0 Å². The molecule has 19 heavy (non-hydrogen) atoms. The summed E-state index contributed by atoms with van der Waals surface area (Å²) < 4.78 is 0. The average Bonchev–Trinajstić information content (AvgIpc) is 2.38. The predicted octanol–water partition coefficient (Wildman–Crippen LogP) is 0.884. The van der Waals surface area contributed by atoms with E-state index in [1.54, 1.807) is 13.8 Å². The molecular formula is C13H16N2O4. The molecule has 0 saturated carbocycles. The number of carboxylic acids is 1. The fourth-order valence-electron chi connectivity index (χ4n) is 1.57. The molecule has 0 radical (unpaired) electrons. The number of hydrogen-bond donors (Lipinski definition) is 3. The molecule has 2 amide bonds. The number of aromatic carboxylic acids is 1. The van der Waals surface area contributed by atoms with Crippen molar-refractivity contribution in [1.29, 1.82) is 0 Å². The van der Waals surface area contributed by atoms with Gasteiger partial charge in [0.05, 0.1) is 16.7 Å². The van der Waals surface area contributed by atoms with E-state index in [4.69, 9.17) is 5.11 Å². The van der Waals surface area contributed by atoms with Crippen molar-refractivity contribution in [2.75, 3.05) is 13.1 Å². The Bertz CT molecular complexity index is 511. The minimum atomic E-state index is -1.15. The molecule has 102 valence electrons. The van der Waals surface area contributed by atoms with Crippen molar-refractivity contribution in [3.05, 3.63) is 34.9 Å². The lowest BCUT2D eigenvalue weighted by molar-refractivity contribution is 0.0696. The highest BCUT2D eigenvalue weighted by molar-refractivity contribution is 6.08. The van der Waals surface area contributed by atoms with E-state index in [1.165, 1.54) is 18.2 Å². The van der Waals surface area contributed by atoms with Crippen LogP contribution in [0.25, 0.3) is 0 Å². The van der Waals surface area contributed by atoms with Crippen molar-refractivity contribution in [3.63, 3.8) is 0 Å². The van der Waals surface area contributed by atoms with Gasteiger partial charge in [0, 0.05) is 13.1 Å². The standard InChI is InChI=1S/C13H16N2O4/c1-3-14-11(16)9-6-5-8(13(18)19)7-10(9)12(17)15-4-2/h5-7H,3-4H2,1-2H3,(H,14,16)(H,15,17)(H,18,19). The van der Waals surface area contributed by atoms with E-state index in [2.05, 4.69) is 10.6 Å². The van der Waals surface area contributed by atoms with Crippen LogP contribution >= 0.6 is 0 Å². The zero-order chi connectivity index (χ0) is 14.4. The molecule has 1 aromatic rings. The summed E-state index contributed by atoms with van der Waals surface area (Å²) in [5.74, 6) is -2.01. The number of carbonyl (C=O) groups excluding carboxylic acids is 2. The van der Waals surface area contributed by atoms with Crippen LogP contribution in [0.4, 0.5) is 0 Å². The summed E-state index contributed by atoms with van der Waals surface area (Å²) in [7, 11) is 0. The average molecular weight is 264 g/mol. The molecule has 3 N–H and O–H groups in total. The zero-order valence-corrected chi connectivity index (χ0v) is 10.8. The van der Waals surface area contributed by atoms with Crippen LogP contribution in [0.1, 0.15) is 44.9 Å². The Morgan fingerprint density at radius 2 is 1.53 bits per heavy atom. The van der Waals surface area contributed by atoms with Gasteiger partial charge in [0.25, 0.3) is 11.8 Å². The SMILES string of the molecule is CCNC(=O)c1ccc(C(=O)O)cc1C(=O)NCC. The first-order valence-electron chi connectivity index (χ1n) is 5.95. The lowest BCUT2D eigenvalue weighted by Gasteiger charge is -2.10. The Labute approximate surface area is 110 Å². The third-order valence-corrected chi connectivity index (χ3v) is 2.43. The number of carboxylic acid groups (broad SMARTS) is 1. The Balaban J connectivity index is 3.26. The number of nitrogens with one attached hydrogen (secondary N) is 2. The highest BCUT2D eigenvalue weighted by Crippen LogP contribution is 2.13. The van der Waals surface area contributed by atoms with E-state index in [1.807, 2.05) is 0 Å². The fourth-order valence-corrected chi connectivity index (χ4v) is 1.57. The summed E-state index contributed by atoms with van der Waals surface area (Å²) >= 11 is 0. The van der Waals surface area contributed by atoms with Crippen LogP contribution in [0.15, 0.2) is 18.2 Å². The quantitative estimate of drug-likeness (QED) is 0.735. The molecule has 0 aliphatic heterocycles. The molecule has 0 aliphatic rings. The lowest BCUT2D eigenvalue weighted by Crippen LogP contribution is -2.29. The molecule has 0 saturated heterocycles. The Hall–Kier alpha value is -2.37. The van der Waals surface area contributed by atoms with Crippen molar-refractivity contribution in [1.82, 2.24) is 10.6 Å². The maximum atomic E-state index is 11.9. The molecule has 1 rings (SSSR count). The molecular weight excluding hydrogens is 248 g/mol. The van der Waals surface area contributed by atoms with Gasteiger partial charge in [-0.25, -0.2) is 4.79 Å². The lowest BCUT2D eigenvalue weighted by atomic mass is 10.0. The largest absolute Gasteiger partial charge is 0.478 e. The minimum Gasteiger partial charge on any atom is -0.478 e. The van der Waals surface area contributed by atoms with Crippen LogP contribution in [-0.2, 0) is 0 Å². The van der Waals surface area contributed by atoms with Gasteiger partial charge in [0.1, 0.15) is 0 Å². The van der Waals surface area contributed by atoms with Crippen LogP contribution in [0, 0.1) is 0 Å². The van der Waals surface area contributed by atoms with E-state index in [0.717, 1.165) is 0 Å². The van der Waals surface area contributed by atoms with E-state index >= 15 is 0 Å². The first kappa shape index (κ1) is 14.7. The maximum Gasteiger partial charge on any atom is 0.335 e. The van der Waals surface area contributed by atoms with Gasteiger partial charge in [-0.2, -0.15) is 0 Å². The zero-order valence-electron chi connectivity index (χ0n) is 10.8. The summed E-state index contributed by atoms with van der Waals surface area (Å²) in [5, 5.41) is 14.1. The normalized spacial score (nSPS) is 9.79. The van der Waals surface area contributed by atoms with Crippen molar-refractivity contribution >= 4 is 17.8 Å². The van der Waals surface area contributed by atoms with E-state index in [0.29, 0.717) is 13.1 Å². The summed E-state index contributed by atoms with van der Waals surface area (Å²) in [6, 6.07) is 3.85. The fraction of sp³-hybridized carbons (Fsp3) is 0.308. The number of hydrogen-bond acceptors (Lipinski definition) is 3.